The fourth-order valence-corrected chi connectivity index (χ4v) is 3.24. The van der Waals surface area contributed by atoms with E-state index in [9.17, 15) is 0 Å². The largest absolute Gasteiger partial charge is 0.356 e. The van der Waals surface area contributed by atoms with Crippen molar-refractivity contribution in [1.82, 2.24) is 30.2 Å². The minimum absolute atomic E-state index is 0. The number of benzene rings is 1. The van der Waals surface area contributed by atoms with Crippen molar-refractivity contribution < 1.29 is 0 Å². The Labute approximate surface area is 189 Å². The Bertz CT molecular complexity index is 942. The number of hydrogen-bond acceptors (Lipinski definition) is 3. The van der Waals surface area contributed by atoms with Gasteiger partial charge in [-0.3, -0.25) is 9.67 Å². The maximum absolute atomic E-state index is 4.62. The molecule has 3 aromatic rings. The Balaban J connectivity index is 0.00000300. The average molecular weight is 507 g/mol. The lowest BCUT2D eigenvalue weighted by Crippen LogP contribution is -2.37. The molecule has 2 aromatic heterocycles. The highest BCUT2D eigenvalue weighted by atomic mass is 127. The highest BCUT2D eigenvalue weighted by Crippen LogP contribution is 2.16. The van der Waals surface area contributed by atoms with Gasteiger partial charge in [-0.15, -0.1) is 24.0 Å². The number of hydrogen-bond donors (Lipinski definition) is 2. The lowest BCUT2D eigenvalue weighted by atomic mass is 10.1. The van der Waals surface area contributed by atoms with E-state index in [1.165, 1.54) is 11.1 Å². The summed E-state index contributed by atoms with van der Waals surface area (Å²) < 4.78 is 3.83. The molecule has 2 N–H and O–H groups in total. The zero-order valence-corrected chi connectivity index (χ0v) is 19.8. The van der Waals surface area contributed by atoms with Crippen LogP contribution in [0.15, 0.2) is 47.7 Å². The van der Waals surface area contributed by atoms with Gasteiger partial charge < -0.3 is 10.6 Å². The summed E-state index contributed by atoms with van der Waals surface area (Å²) in [5.41, 5.74) is 5.67. The van der Waals surface area contributed by atoms with Gasteiger partial charge in [0.1, 0.15) is 0 Å². The zero-order chi connectivity index (χ0) is 19.9. The Morgan fingerprint density at radius 3 is 2.62 bits per heavy atom. The molecule has 156 valence electrons. The third kappa shape index (κ3) is 6.31. The van der Waals surface area contributed by atoms with Crippen LogP contribution in [0.25, 0.3) is 5.69 Å². The van der Waals surface area contributed by atoms with E-state index in [-0.39, 0.29) is 24.0 Å². The molecular weight excluding hydrogens is 477 g/mol. The predicted molar refractivity (Wildman–Crippen MR) is 128 cm³/mol. The number of guanidine groups is 1. The summed E-state index contributed by atoms with van der Waals surface area (Å²) in [5.74, 6) is 0.800. The number of halogens is 1. The summed E-state index contributed by atoms with van der Waals surface area (Å²) in [5, 5.41) is 15.6. The van der Waals surface area contributed by atoms with E-state index >= 15 is 0 Å². The van der Waals surface area contributed by atoms with Crippen LogP contribution in [-0.4, -0.2) is 39.1 Å². The molecule has 3 rings (SSSR count). The summed E-state index contributed by atoms with van der Waals surface area (Å²) in [6.07, 6.45) is 6.00. The number of para-hydroxylation sites is 1. The summed E-state index contributed by atoms with van der Waals surface area (Å²) in [7, 11) is 3.74. The van der Waals surface area contributed by atoms with Gasteiger partial charge in [-0.2, -0.15) is 10.2 Å². The minimum atomic E-state index is 0. The van der Waals surface area contributed by atoms with Gasteiger partial charge in [0.05, 0.1) is 17.6 Å². The summed E-state index contributed by atoms with van der Waals surface area (Å²) in [4.78, 5) is 4.33. The normalized spacial score (nSPS) is 11.2. The van der Waals surface area contributed by atoms with Crippen molar-refractivity contribution in [2.24, 2.45) is 12.0 Å². The number of aryl methyl sites for hydroxylation is 4. The fraction of sp³-hybridized carbons (Fsp3) is 0.381. The number of nitrogens with zero attached hydrogens (tertiary/aromatic N) is 5. The van der Waals surface area contributed by atoms with Crippen molar-refractivity contribution in [3.05, 3.63) is 65.2 Å². The van der Waals surface area contributed by atoms with Crippen molar-refractivity contribution in [3.63, 3.8) is 0 Å². The Kier molecular flexibility index (Phi) is 8.69. The Morgan fingerprint density at radius 2 is 1.97 bits per heavy atom. The first kappa shape index (κ1) is 22.9. The van der Waals surface area contributed by atoms with E-state index in [4.69, 9.17) is 0 Å². The van der Waals surface area contributed by atoms with E-state index in [1.807, 2.05) is 35.6 Å². The van der Waals surface area contributed by atoms with Crippen LogP contribution in [0.1, 0.15) is 28.9 Å². The molecule has 0 bridgehead atoms. The van der Waals surface area contributed by atoms with Crippen LogP contribution < -0.4 is 10.6 Å². The molecule has 0 aliphatic rings. The quantitative estimate of drug-likeness (QED) is 0.223. The van der Waals surface area contributed by atoms with Gasteiger partial charge in [-0.05, 0) is 49.9 Å². The third-order valence-corrected chi connectivity index (χ3v) is 4.59. The van der Waals surface area contributed by atoms with Crippen LogP contribution in [0.2, 0.25) is 0 Å². The first-order valence-electron chi connectivity index (χ1n) is 9.60. The molecule has 0 atom stereocenters. The second-order valence-electron chi connectivity index (χ2n) is 6.95. The second-order valence-corrected chi connectivity index (χ2v) is 6.95. The molecule has 0 amide bonds. The molecular formula is C21H30IN7. The first-order valence-corrected chi connectivity index (χ1v) is 9.60. The topological polar surface area (TPSA) is 72.1 Å². The van der Waals surface area contributed by atoms with E-state index in [2.05, 4.69) is 63.2 Å². The van der Waals surface area contributed by atoms with Crippen molar-refractivity contribution in [2.75, 3.05) is 13.6 Å². The van der Waals surface area contributed by atoms with Gasteiger partial charge in [0.25, 0.3) is 0 Å². The van der Waals surface area contributed by atoms with Gasteiger partial charge in [0, 0.05) is 39.1 Å². The second kappa shape index (κ2) is 11.0. The van der Waals surface area contributed by atoms with E-state index in [0.29, 0.717) is 6.54 Å². The number of aromatic nitrogens is 4. The molecule has 0 aliphatic heterocycles. The summed E-state index contributed by atoms with van der Waals surface area (Å²) >= 11 is 0. The van der Waals surface area contributed by atoms with Crippen LogP contribution in [-0.2, 0) is 20.0 Å². The standard InChI is InChI=1S/C21H29N7.HI/c1-16-12-17(2)28(26-16)20-10-6-5-9-19(20)14-24-21(22-3)23-11-7-8-18-13-25-27(4)15-18;/h5-6,9-10,12-13,15H,7-8,11,14H2,1-4H3,(H2,22,23,24);1H. The van der Waals surface area contributed by atoms with E-state index in [0.717, 1.165) is 42.4 Å². The molecule has 0 radical (unpaired) electrons. The van der Waals surface area contributed by atoms with Gasteiger partial charge in [0.2, 0.25) is 0 Å². The maximum atomic E-state index is 4.62. The number of nitrogens with one attached hydrogen (secondary N) is 2. The molecule has 0 aliphatic carbocycles. The van der Waals surface area contributed by atoms with E-state index < -0.39 is 0 Å². The summed E-state index contributed by atoms with van der Waals surface area (Å²) in [6, 6.07) is 10.4. The molecule has 8 heteroatoms. The number of rotatable bonds is 7. The lowest BCUT2D eigenvalue weighted by molar-refractivity contribution is 0.735. The monoisotopic (exact) mass is 507 g/mol. The smallest absolute Gasteiger partial charge is 0.191 e. The average Bonchev–Trinajstić information content (AvgIpc) is 3.25. The van der Waals surface area contributed by atoms with Crippen molar-refractivity contribution in [2.45, 2.75) is 33.2 Å². The predicted octanol–water partition coefficient (Wildman–Crippen LogP) is 3.14. The van der Waals surface area contributed by atoms with Crippen molar-refractivity contribution in [3.8, 4) is 5.69 Å². The summed E-state index contributed by atoms with van der Waals surface area (Å²) in [6.45, 7) is 5.62. The Hall–Kier alpha value is -2.36. The molecule has 29 heavy (non-hydrogen) atoms. The number of aliphatic imine (C=N–C) groups is 1. The maximum Gasteiger partial charge on any atom is 0.191 e. The highest BCUT2D eigenvalue weighted by Gasteiger charge is 2.09. The van der Waals surface area contributed by atoms with Gasteiger partial charge in [-0.1, -0.05) is 18.2 Å². The Morgan fingerprint density at radius 1 is 1.17 bits per heavy atom. The zero-order valence-electron chi connectivity index (χ0n) is 17.5. The van der Waals surface area contributed by atoms with Gasteiger partial charge in [0.15, 0.2) is 5.96 Å². The molecule has 1 aromatic carbocycles. The molecule has 0 saturated heterocycles. The molecule has 0 unspecified atom stereocenters. The van der Waals surface area contributed by atoms with Gasteiger partial charge in [-0.25, -0.2) is 4.68 Å². The molecule has 2 heterocycles. The first-order chi connectivity index (χ1) is 13.6. The third-order valence-electron chi connectivity index (χ3n) is 4.59. The van der Waals surface area contributed by atoms with Crippen LogP contribution in [0, 0.1) is 13.8 Å². The SMILES string of the molecule is CN=C(NCCCc1cnn(C)c1)NCc1ccccc1-n1nc(C)cc1C.I. The minimum Gasteiger partial charge on any atom is -0.356 e. The van der Waals surface area contributed by atoms with Crippen molar-refractivity contribution in [1.29, 1.82) is 0 Å². The molecule has 0 saturated carbocycles. The van der Waals surface area contributed by atoms with Gasteiger partial charge >= 0.3 is 0 Å². The van der Waals surface area contributed by atoms with Crippen molar-refractivity contribution >= 4 is 29.9 Å². The van der Waals surface area contributed by atoms with Crippen LogP contribution in [0.3, 0.4) is 0 Å². The lowest BCUT2D eigenvalue weighted by Gasteiger charge is -2.15. The fourth-order valence-electron chi connectivity index (χ4n) is 3.24. The molecule has 0 spiro atoms. The van der Waals surface area contributed by atoms with Crippen LogP contribution >= 0.6 is 24.0 Å². The van der Waals surface area contributed by atoms with Crippen LogP contribution in [0.4, 0.5) is 0 Å². The van der Waals surface area contributed by atoms with Crippen LogP contribution in [0.5, 0.6) is 0 Å². The molecule has 0 fully saturated rings. The van der Waals surface area contributed by atoms with E-state index in [1.54, 1.807) is 7.05 Å². The molecule has 7 nitrogen and oxygen atoms in total. The highest BCUT2D eigenvalue weighted by molar-refractivity contribution is 14.0.